The molecule has 0 saturated heterocycles. The molecule has 5 heteroatoms. The number of benzene rings is 1. The normalized spacial score (nSPS) is 16.1. The Hall–Kier alpha value is -0.910. The third kappa shape index (κ3) is 4.60. The van der Waals surface area contributed by atoms with E-state index in [2.05, 4.69) is 39.9 Å². The number of hydrogen-bond donors (Lipinski definition) is 2. The Bertz CT molecular complexity index is 515. The van der Waals surface area contributed by atoms with Crippen molar-refractivity contribution in [2.75, 3.05) is 0 Å². The van der Waals surface area contributed by atoms with Gasteiger partial charge in [0.2, 0.25) is 10.0 Å². The summed E-state index contributed by atoms with van der Waals surface area (Å²) in [7, 11) is -3.61. The summed E-state index contributed by atoms with van der Waals surface area (Å²) in [5.41, 5.74) is 1.22. The molecule has 0 saturated carbocycles. The van der Waals surface area contributed by atoms with E-state index in [0.717, 1.165) is 5.56 Å². The summed E-state index contributed by atoms with van der Waals surface area (Å²) in [4.78, 5) is 0.146. The van der Waals surface area contributed by atoms with E-state index in [1.807, 2.05) is 0 Å². The predicted octanol–water partition coefficient (Wildman–Crippen LogP) is 2.42. The molecule has 0 heterocycles. The predicted molar refractivity (Wildman–Crippen MR) is 78.3 cm³/mol. The van der Waals surface area contributed by atoms with Crippen LogP contribution in [-0.2, 0) is 10.0 Å². The highest BCUT2D eigenvalue weighted by atomic mass is 32.2. The van der Waals surface area contributed by atoms with Crippen molar-refractivity contribution < 1.29 is 8.42 Å². The molecular weight excluding hydrogens is 260 g/mol. The molecule has 0 amide bonds. The SMILES string of the molecule is CC(NC(C)C(C)(C)C)c1ccc(S(N)(=O)=O)cc1. The fourth-order valence-corrected chi connectivity index (χ4v) is 2.18. The molecule has 2 unspecified atom stereocenters. The molecule has 3 N–H and O–H groups in total. The van der Waals surface area contributed by atoms with E-state index in [4.69, 9.17) is 5.14 Å². The largest absolute Gasteiger partial charge is 0.307 e. The van der Waals surface area contributed by atoms with Gasteiger partial charge >= 0.3 is 0 Å². The van der Waals surface area contributed by atoms with Gasteiger partial charge in [-0.15, -0.1) is 0 Å². The second-order valence-electron chi connectivity index (χ2n) is 6.09. The van der Waals surface area contributed by atoms with Crippen LogP contribution in [0.1, 0.15) is 46.2 Å². The third-order valence-corrected chi connectivity index (χ3v) is 4.44. The van der Waals surface area contributed by atoms with E-state index in [9.17, 15) is 8.42 Å². The van der Waals surface area contributed by atoms with Crippen LogP contribution in [0.3, 0.4) is 0 Å². The molecule has 0 aliphatic rings. The summed E-state index contributed by atoms with van der Waals surface area (Å²) in [5.74, 6) is 0. The zero-order chi connectivity index (χ0) is 14.8. The van der Waals surface area contributed by atoms with E-state index < -0.39 is 10.0 Å². The molecule has 4 nitrogen and oxygen atoms in total. The number of rotatable bonds is 4. The van der Waals surface area contributed by atoms with Crippen LogP contribution in [0.5, 0.6) is 0 Å². The van der Waals surface area contributed by atoms with Crippen molar-refractivity contribution >= 4 is 10.0 Å². The number of primary sulfonamides is 1. The molecule has 0 aromatic heterocycles. The molecule has 108 valence electrons. The summed E-state index contributed by atoms with van der Waals surface area (Å²) in [6.07, 6.45) is 0. The Morgan fingerprint density at radius 3 is 1.95 bits per heavy atom. The van der Waals surface area contributed by atoms with Gasteiger partial charge in [-0.3, -0.25) is 0 Å². The van der Waals surface area contributed by atoms with Crippen molar-refractivity contribution in [3.05, 3.63) is 29.8 Å². The average molecular weight is 284 g/mol. The highest BCUT2D eigenvalue weighted by Gasteiger charge is 2.21. The van der Waals surface area contributed by atoms with Gasteiger partial charge in [0.15, 0.2) is 0 Å². The van der Waals surface area contributed by atoms with Crippen LogP contribution in [0.2, 0.25) is 0 Å². The quantitative estimate of drug-likeness (QED) is 0.892. The highest BCUT2D eigenvalue weighted by molar-refractivity contribution is 7.89. The Labute approximate surface area is 116 Å². The molecule has 0 spiro atoms. The Morgan fingerprint density at radius 1 is 1.11 bits per heavy atom. The number of hydrogen-bond acceptors (Lipinski definition) is 3. The van der Waals surface area contributed by atoms with Gasteiger partial charge in [-0.25, -0.2) is 13.6 Å². The van der Waals surface area contributed by atoms with Gasteiger partial charge in [0, 0.05) is 12.1 Å². The summed E-state index contributed by atoms with van der Waals surface area (Å²) in [6, 6.07) is 7.19. The molecule has 1 rings (SSSR count). The van der Waals surface area contributed by atoms with Gasteiger partial charge in [-0.05, 0) is 37.0 Å². The Balaban J connectivity index is 2.82. The second-order valence-corrected chi connectivity index (χ2v) is 7.65. The van der Waals surface area contributed by atoms with E-state index in [1.165, 1.54) is 0 Å². The van der Waals surface area contributed by atoms with Crippen LogP contribution in [0.15, 0.2) is 29.2 Å². The third-order valence-electron chi connectivity index (χ3n) is 3.51. The maximum atomic E-state index is 11.2. The van der Waals surface area contributed by atoms with Crippen LogP contribution >= 0.6 is 0 Å². The maximum absolute atomic E-state index is 11.2. The molecule has 0 aliphatic heterocycles. The minimum absolute atomic E-state index is 0.146. The Morgan fingerprint density at radius 2 is 1.58 bits per heavy atom. The van der Waals surface area contributed by atoms with Gasteiger partial charge in [0.05, 0.1) is 4.90 Å². The van der Waals surface area contributed by atoms with Crippen molar-refractivity contribution in [2.24, 2.45) is 10.6 Å². The molecule has 1 aromatic carbocycles. The minimum atomic E-state index is -3.61. The molecule has 2 atom stereocenters. The fourth-order valence-electron chi connectivity index (χ4n) is 1.67. The van der Waals surface area contributed by atoms with Crippen molar-refractivity contribution in [3.8, 4) is 0 Å². The molecule has 19 heavy (non-hydrogen) atoms. The van der Waals surface area contributed by atoms with Crippen LogP contribution in [0.25, 0.3) is 0 Å². The van der Waals surface area contributed by atoms with Crippen LogP contribution < -0.4 is 10.5 Å². The standard InChI is InChI=1S/C14H24N2O2S/c1-10(16-11(2)14(3,4)5)12-6-8-13(9-7-12)19(15,17)18/h6-11,16H,1-5H3,(H2,15,17,18). The zero-order valence-electron chi connectivity index (χ0n) is 12.3. The minimum Gasteiger partial charge on any atom is -0.307 e. The van der Waals surface area contributed by atoms with Gasteiger partial charge in [-0.1, -0.05) is 32.9 Å². The first-order valence-corrected chi connectivity index (χ1v) is 7.95. The first-order valence-electron chi connectivity index (χ1n) is 6.40. The van der Waals surface area contributed by atoms with Crippen LogP contribution in [-0.4, -0.2) is 14.5 Å². The second kappa shape index (κ2) is 5.61. The maximum Gasteiger partial charge on any atom is 0.238 e. The van der Waals surface area contributed by atoms with Crippen molar-refractivity contribution in [3.63, 3.8) is 0 Å². The Kier molecular flexibility index (Phi) is 4.76. The van der Waals surface area contributed by atoms with Crippen molar-refractivity contribution in [1.29, 1.82) is 0 Å². The molecule has 0 radical (unpaired) electrons. The topological polar surface area (TPSA) is 72.2 Å². The smallest absolute Gasteiger partial charge is 0.238 e. The molecular formula is C14H24N2O2S. The van der Waals surface area contributed by atoms with E-state index in [1.54, 1.807) is 24.3 Å². The first kappa shape index (κ1) is 16.1. The zero-order valence-corrected chi connectivity index (χ0v) is 13.1. The lowest BCUT2D eigenvalue weighted by atomic mass is 9.87. The van der Waals surface area contributed by atoms with Gasteiger partial charge in [0.25, 0.3) is 0 Å². The van der Waals surface area contributed by atoms with Crippen molar-refractivity contribution in [2.45, 2.75) is 51.6 Å². The van der Waals surface area contributed by atoms with Crippen molar-refractivity contribution in [1.82, 2.24) is 5.32 Å². The molecule has 0 aliphatic carbocycles. The van der Waals surface area contributed by atoms with Gasteiger partial charge in [-0.2, -0.15) is 0 Å². The van der Waals surface area contributed by atoms with E-state index in [0.29, 0.717) is 6.04 Å². The highest BCUT2D eigenvalue weighted by Crippen LogP contribution is 2.23. The molecule has 0 bridgehead atoms. The first-order chi connectivity index (χ1) is 8.51. The van der Waals surface area contributed by atoms with E-state index in [-0.39, 0.29) is 16.4 Å². The lowest BCUT2D eigenvalue weighted by molar-refractivity contribution is 0.268. The average Bonchev–Trinajstić information content (AvgIpc) is 2.26. The fraction of sp³-hybridized carbons (Fsp3) is 0.571. The lowest BCUT2D eigenvalue weighted by Crippen LogP contribution is -2.39. The number of sulfonamides is 1. The summed E-state index contributed by atoms with van der Waals surface area (Å²) < 4.78 is 22.4. The summed E-state index contributed by atoms with van der Waals surface area (Å²) in [6.45, 7) is 10.8. The monoisotopic (exact) mass is 284 g/mol. The lowest BCUT2D eigenvalue weighted by Gasteiger charge is -2.31. The van der Waals surface area contributed by atoms with Gasteiger partial charge < -0.3 is 5.32 Å². The van der Waals surface area contributed by atoms with E-state index >= 15 is 0 Å². The molecule has 1 aromatic rings. The number of nitrogens with two attached hydrogens (primary N) is 1. The molecule has 0 fully saturated rings. The number of nitrogens with one attached hydrogen (secondary N) is 1. The van der Waals surface area contributed by atoms with Crippen LogP contribution in [0.4, 0.5) is 0 Å². The summed E-state index contributed by atoms with van der Waals surface area (Å²) in [5, 5.41) is 8.59. The van der Waals surface area contributed by atoms with Crippen LogP contribution in [0, 0.1) is 5.41 Å². The van der Waals surface area contributed by atoms with Gasteiger partial charge in [0.1, 0.15) is 0 Å². The summed E-state index contributed by atoms with van der Waals surface area (Å²) >= 11 is 0.